The van der Waals surface area contributed by atoms with Crippen molar-refractivity contribution in [1.29, 1.82) is 0 Å². The summed E-state index contributed by atoms with van der Waals surface area (Å²) in [5, 5.41) is 73.6. The molecule has 4 saturated carbocycles. The molecule has 2 unspecified atom stereocenters. The molecule has 306 valence electrons. The fourth-order valence-corrected chi connectivity index (χ4v) is 13.4. The van der Waals surface area contributed by atoms with Gasteiger partial charge in [-0.15, -0.1) is 0 Å². The molecule has 7 N–H and O–H groups in total. The smallest absolute Gasteiger partial charge is 0.335 e. The molecule has 0 aromatic carbocycles. The first-order valence-electron chi connectivity index (χ1n) is 20.2. The number of aliphatic hydroxyl groups excluding tert-OH is 5. The van der Waals surface area contributed by atoms with Crippen LogP contribution in [0.1, 0.15) is 113 Å². The van der Waals surface area contributed by atoms with Crippen LogP contribution in [0.5, 0.6) is 0 Å². The maximum absolute atomic E-state index is 13.0. The lowest BCUT2D eigenvalue weighted by atomic mass is 9.33. The normalized spacial score (nSPS) is 52.4. The Balaban J connectivity index is 1.13. The van der Waals surface area contributed by atoms with Gasteiger partial charge in [0.25, 0.3) is 0 Å². The third kappa shape index (κ3) is 5.88. The van der Waals surface area contributed by atoms with Gasteiger partial charge in [-0.1, -0.05) is 60.1 Å². The van der Waals surface area contributed by atoms with Gasteiger partial charge < -0.3 is 54.7 Å². The molecule has 54 heavy (non-hydrogen) atoms. The molecule has 2 heterocycles. The Morgan fingerprint density at radius 2 is 1.44 bits per heavy atom. The number of hydrogen-bond acceptors (Lipinski definition) is 11. The van der Waals surface area contributed by atoms with E-state index in [2.05, 4.69) is 54.5 Å². The standard InChI is InChI=1S/C41H64O13/c1-36(2)14-16-41(35(49)50)17-15-39(6)20(21(41)18-36)8-9-24-38(5)12-11-25(37(3,4)23(38)10-13-40(24,39)7)52-34-29(46)30(28(45)31(54-34)32(47)48)53-33-27(44)26(43)22(42)19-51-33/h8,21-31,33-34,42-46H,9-19H2,1-7H3,(H,47,48)(H,49,50)/t21-,22-,23?,24?,25-,26-,27+,28-,29+,30-,31-,33-,34+,38-,39+,40+,41-/m0/s1. The summed E-state index contributed by atoms with van der Waals surface area (Å²) in [6, 6.07) is 0. The van der Waals surface area contributed by atoms with Crippen LogP contribution in [0.4, 0.5) is 0 Å². The fraction of sp³-hybridized carbons (Fsp3) is 0.902. The van der Waals surface area contributed by atoms with Gasteiger partial charge in [0, 0.05) is 0 Å². The molecule has 0 aromatic heterocycles. The molecule has 0 spiro atoms. The van der Waals surface area contributed by atoms with Crippen molar-refractivity contribution in [3.63, 3.8) is 0 Å². The molecule has 13 nitrogen and oxygen atoms in total. The highest BCUT2D eigenvalue weighted by atomic mass is 16.7. The van der Waals surface area contributed by atoms with Crippen LogP contribution < -0.4 is 0 Å². The summed E-state index contributed by atoms with van der Waals surface area (Å²) < 4.78 is 23.3. The molecule has 0 aromatic rings. The molecule has 0 radical (unpaired) electrons. The second-order valence-corrected chi connectivity index (χ2v) is 20.3. The zero-order chi connectivity index (χ0) is 39.6. The molecular formula is C41H64O13. The first-order chi connectivity index (χ1) is 25.0. The van der Waals surface area contributed by atoms with E-state index in [1.54, 1.807) is 0 Å². The number of carbonyl (C=O) groups is 2. The van der Waals surface area contributed by atoms with Gasteiger partial charge in [-0.3, -0.25) is 4.79 Å². The summed E-state index contributed by atoms with van der Waals surface area (Å²) in [7, 11) is 0. The van der Waals surface area contributed by atoms with E-state index >= 15 is 0 Å². The zero-order valence-corrected chi connectivity index (χ0v) is 32.9. The van der Waals surface area contributed by atoms with Gasteiger partial charge in [0.15, 0.2) is 18.7 Å². The number of carboxylic acids is 2. The highest BCUT2D eigenvalue weighted by Gasteiger charge is 2.69. The minimum Gasteiger partial charge on any atom is -0.481 e. The highest BCUT2D eigenvalue weighted by Crippen LogP contribution is 2.76. The fourth-order valence-electron chi connectivity index (χ4n) is 13.4. The van der Waals surface area contributed by atoms with Crippen LogP contribution in [0.2, 0.25) is 0 Å². The molecule has 2 aliphatic heterocycles. The summed E-state index contributed by atoms with van der Waals surface area (Å²) in [4.78, 5) is 25.3. The highest BCUT2D eigenvalue weighted by molar-refractivity contribution is 5.76. The van der Waals surface area contributed by atoms with E-state index in [0.29, 0.717) is 18.8 Å². The van der Waals surface area contributed by atoms with E-state index in [0.717, 1.165) is 51.4 Å². The second-order valence-electron chi connectivity index (χ2n) is 20.3. The molecule has 5 aliphatic carbocycles. The second kappa shape index (κ2) is 13.4. The van der Waals surface area contributed by atoms with Crippen molar-refractivity contribution in [3.05, 3.63) is 11.6 Å². The Kier molecular flexibility index (Phi) is 10.1. The monoisotopic (exact) mass is 764 g/mol. The molecule has 13 heteroatoms. The minimum atomic E-state index is -1.86. The number of hydrogen-bond donors (Lipinski definition) is 7. The lowest BCUT2D eigenvalue weighted by molar-refractivity contribution is -0.357. The third-order valence-corrected chi connectivity index (χ3v) is 16.8. The molecule has 6 fully saturated rings. The van der Waals surface area contributed by atoms with Crippen LogP contribution >= 0.6 is 0 Å². The van der Waals surface area contributed by atoms with Crippen molar-refractivity contribution in [2.75, 3.05) is 6.61 Å². The minimum absolute atomic E-state index is 0.0359. The lowest BCUT2D eigenvalue weighted by Gasteiger charge is -2.71. The molecule has 0 bridgehead atoms. The zero-order valence-electron chi connectivity index (χ0n) is 32.9. The van der Waals surface area contributed by atoms with Crippen LogP contribution in [-0.2, 0) is 28.5 Å². The first kappa shape index (κ1) is 40.5. The summed E-state index contributed by atoms with van der Waals surface area (Å²) in [6.45, 7) is 15.9. The molecule has 7 aliphatic rings. The number of allylic oxidation sites excluding steroid dienone is 2. The molecule has 0 amide bonds. The maximum Gasteiger partial charge on any atom is 0.335 e. The van der Waals surface area contributed by atoms with Crippen LogP contribution in [-0.4, -0.2) is 116 Å². The SMILES string of the molecule is CC1(C)CC[C@]2(C(=O)O)CC[C@]3(C)C(=CCC4[C@@]5(C)CC[C@H](O[C@@H]6O[C@H](C(=O)O)[C@@H](O)[C@H](O[C@@H]7OC[C@H](O)[C@H](O)[C@H]7O)[C@H]6O)C(C)(C)C5CC[C@]43C)[C@@H]2C1. The van der Waals surface area contributed by atoms with Crippen LogP contribution in [0.3, 0.4) is 0 Å². The Morgan fingerprint density at radius 1 is 0.759 bits per heavy atom. The Morgan fingerprint density at radius 3 is 2.11 bits per heavy atom. The molecule has 2 saturated heterocycles. The van der Waals surface area contributed by atoms with Crippen LogP contribution in [0.15, 0.2) is 11.6 Å². The summed E-state index contributed by atoms with van der Waals surface area (Å²) in [6.07, 6.45) is -4.35. The van der Waals surface area contributed by atoms with Gasteiger partial charge in [-0.25, -0.2) is 4.79 Å². The first-order valence-corrected chi connectivity index (χ1v) is 20.2. The Labute approximate surface area is 318 Å². The number of rotatable bonds is 6. The summed E-state index contributed by atoms with van der Waals surface area (Å²) in [5.41, 5.74) is 0.110. The van der Waals surface area contributed by atoms with Crippen LogP contribution in [0, 0.1) is 50.2 Å². The number of carboxylic acid groups (broad SMARTS) is 2. The summed E-state index contributed by atoms with van der Waals surface area (Å²) in [5.74, 6) is -1.53. The average Bonchev–Trinajstić information content (AvgIpc) is 3.08. The van der Waals surface area contributed by atoms with Crippen molar-refractivity contribution in [1.82, 2.24) is 0 Å². The van der Waals surface area contributed by atoms with Gasteiger partial charge >= 0.3 is 11.9 Å². The van der Waals surface area contributed by atoms with E-state index in [9.17, 15) is 45.3 Å². The predicted octanol–water partition coefficient (Wildman–Crippen LogP) is 3.61. The van der Waals surface area contributed by atoms with E-state index in [1.807, 2.05) is 0 Å². The van der Waals surface area contributed by atoms with Gasteiger partial charge in [0.2, 0.25) is 0 Å². The quantitative estimate of drug-likeness (QED) is 0.152. The number of ether oxygens (including phenoxy) is 4. The van der Waals surface area contributed by atoms with Gasteiger partial charge in [-0.2, -0.15) is 0 Å². The van der Waals surface area contributed by atoms with Gasteiger partial charge in [0.1, 0.15) is 36.6 Å². The van der Waals surface area contributed by atoms with Crippen molar-refractivity contribution < 1.29 is 64.3 Å². The molecule has 17 atom stereocenters. The largest absolute Gasteiger partial charge is 0.481 e. The van der Waals surface area contributed by atoms with Crippen molar-refractivity contribution in [2.45, 2.75) is 174 Å². The van der Waals surface area contributed by atoms with Crippen molar-refractivity contribution in [2.24, 2.45) is 50.2 Å². The van der Waals surface area contributed by atoms with Crippen molar-refractivity contribution in [3.8, 4) is 0 Å². The van der Waals surface area contributed by atoms with E-state index in [-0.39, 0.29) is 40.1 Å². The topological polar surface area (TPSA) is 213 Å². The molecular weight excluding hydrogens is 700 g/mol. The number of aliphatic hydroxyl groups is 5. The van der Waals surface area contributed by atoms with E-state index in [4.69, 9.17) is 18.9 Å². The Hall–Kier alpha value is -1.68. The van der Waals surface area contributed by atoms with E-state index < -0.39 is 84.2 Å². The Bertz CT molecular complexity index is 1510. The van der Waals surface area contributed by atoms with Gasteiger partial charge in [0.05, 0.1) is 18.1 Å². The van der Waals surface area contributed by atoms with Crippen LogP contribution in [0.25, 0.3) is 0 Å². The molecule has 7 rings (SSSR count). The van der Waals surface area contributed by atoms with E-state index in [1.165, 1.54) is 5.57 Å². The average molecular weight is 765 g/mol. The summed E-state index contributed by atoms with van der Waals surface area (Å²) >= 11 is 0. The number of fused-ring (bicyclic) bond motifs is 7. The maximum atomic E-state index is 13.0. The van der Waals surface area contributed by atoms with Gasteiger partial charge in [-0.05, 0) is 109 Å². The number of aliphatic carboxylic acids is 2. The lowest BCUT2D eigenvalue weighted by Crippen LogP contribution is -2.66. The predicted molar refractivity (Wildman–Crippen MR) is 192 cm³/mol. The third-order valence-electron chi connectivity index (χ3n) is 16.8. The van der Waals surface area contributed by atoms with Crippen molar-refractivity contribution >= 4 is 11.9 Å².